The van der Waals surface area contributed by atoms with E-state index in [0.717, 1.165) is 22.9 Å². The third kappa shape index (κ3) is 2.14. The van der Waals surface area contributed by atoms with Gasteiger partial charge in [0.2, 0.25) is 5.91 Å². The Kier molecular flexibility index (Phi) is 2.86. The van der Waals surface area contributed by atoms with Gasteiger partial charge in [0.15, 0.2) is 0 Å². The fourth-order valence-corrected chi connectivity index (χ4v) is 2.51. The van der Waals surface area contributed by atoms with Gasteiger partial charge in [-0.2, -0.15) is 0 Å². The molecule has 2 fully saturated rings. The second-order valence-corrected chi connectivity index (χ2v) is 5.67. The molecule has 1 aliphatic heterocycles. The molecule has 2 aliphatic rings. The number of hydrogen-bond donors (Lipinski definition) is 1. The van der Waals surface area contributed by atoms with Crippen LogP contribution in [0.4, 0.5) is 0 Å². The van der Waals surface area contributed by atoms with Gasteiger partial charge in [0.1, 0.15) is 6.04 Å². The maximum atomic E-state index is 12.3. The first-order valence-corrected chi connectivity index (χ1v) is 6.80. The minimum absolute atomic E-state index is 0.0134. The maximum absolute atomic E-state index is 12.3. The molecule has 0 aromatic heterocycles. The normalized spacial score (nSPS) is 24.1. The predicted molar refractivity (Wildman–Crippen MR) is 69.8 cm³/mol. The lowest BCUT2D eigenvalue weighted by atomic mass is 10.0. The standard InChI is InChI=1S/C13H13BrN2O2/c14-9-3-1-8(2-4-9)12-13(18)16(10-5-6-10)7-11(17)15-12/h1-4,10,12H,5-7H2,(H,15,17)/t12-/m1/s1. The summed E-state index contributed by atoms with van der Waals surface area (Å²) in [6, 6.07) is 7.24. The number of piperazine rings is 1. The van der Waals surface area contributed by atoms with Crippen LogP contribution in [-0.4, -0.2) is 29.3 Å². The van der Waals surface area contributed by atoms with Crippen molar-refractivity contribution < 1.29 is 9.59 Å². The van der Waals surface area contributed by atoms with Crippen LogP contribution in [0.3, 0.4) is 0 Å². The van der Waals surface area contributed by atoms with E-state index in [1.165, 1.54) is 0 Å². The molecule has 94 valence electrons. The average Bonchev–Trinajstić information content (AvgIpc) is 3.17. The molecule has 1 atom stereocenters. The lowest BCUT2D eigenvalue weighted by Crippen LogP contribution is -2.54. The number of carbonyl (C=O) groups is 2. The first-order chi connectivity index (χ1) is 8.65. The third-order valence-electron chi connectivity index (χ3n) is 3.34. The highest BCUT2D eigenvalue weighted by atomic mass is 79.9. The minimum atomic E-state index is -0.528. The number of amides is 2. The molecule has 0 spiro atoms. The molecule has 18 heavy (non-hydrogen) atoms. The Morgan fingerprint density at radius 3 is 2.44 bits per heavy atom. The summed E-state index contributed by atoms with van der Waals surface area (Å²) >= 11 is 3.36. The molecule has 5 heteroatoms. The Labute approximate surface area is 113 Å². The van der Waals surface area contributed by atoms with Crippen LogP contribution in [0.25, 0.3) is 0 Å². The summed E-state index contributed by atoms with van der Waals surface area (Å²) < 4.78 is 0.958. The summed E-state index contributed by atoms with van der Waals surface area (Å²) in [5.41, 5.74) is 0.835. The summed E-state index contributed by atoms with van der Waals surface area (Å²) in [5.74, 6) is -0.0613. The largest absolute Gasteiger partial charge is 0.339 e. The molecule has 0 unspecified atom stereocenters. The molecule has 0 radical (unpaired) electrons. The third-order valence-corrected chi connectivity index (χ3v) is 3.87. The number of benzene rings is 1. The molecule has 1 aromatic rings. The van der Waals surface area contributed by atoms with E-state index < -0.39 is 6.04 Å². The van der Waals surface area contributed by atoms with Crippen molar-refractivity contribution in [2.24, 2.45) is 0 Å². The Balaban J connectivity index is 1.87. The van der Waals surface area contributed by atoms with Gasteiger partial charge in [-0.15, -0.1) is 0 Å². The maximum Gasteiger partial charge on any atom is 0.250 e. The highest BCUT2D eigenvalue weighted by molar-refractivity contribution is 9.10. The van der Waals surface area contributed by atoms with E-state index in [1.54, 1.807) is 4.90 Å². The van der Waals surface area contributed by atoms with Gasteiger partial charge in [0.05, 0.1) is 6.54 Å². The summed E-state index contributed by atoms with van der Waals surface area (Å²) in [6.07, 6.45) is 2.04. The zero-order valence-corrected chi connectivity index (χ0v) is 11.3. The molecular weight excluding hydrogens is 296 g/mol. The van der Waals surface area contributed by atoms with Gasteiger partial charge >= 0.3 is 0 Å². The van der Waals surface area contributed by atoms with Gasteiger partial charge in [0.25, 0.3) is 5.91 Å². The van der Waals surface area contributed by atoms with Crippen molar-refractivity contribution in [3.05, 3.63) is 34.3 Å². The second kappa shape index (κ2) is 4.39. The number of rotatable bonds is 2. The number of nitrogens with zero attached hydrogens (tertiary/aromatic N) is 1. The van der Waals surface area contributed by atoms with E-state index in [1.807, 2.05) is 24.3 Å². The summed E-state index contributed by atoms with van der Waals surface area (Å²) in [6.45, 7) is 0.205. The number of halogens is 1. The van der Waals surface area contributed by atoms with Crippen LogP contribution in [0.1, 0.15) is 24.4 Å². The molecule has 1 saturated carbocycles. The van der Waals surface area contributed by atoms with E-state index in [0.29, 0.717) is 0 Å². The zero-order valence-electron chi connectivity index (χ0n) is 9.73. The number of carbonyl (C=O) groups excluding carboxylic acids is 2. The number of nitrogens with one attached hydrogen (secondary N) is 1. The zero-order chi connectivity index (χ0) is 12.7. The van der Waals surface area contributed by atoms with E-state index in [-0.39, 0.29) is 24.4 Å². The second-order valence-electron chi connectivity index (χ2n) is 4.75. The van der Waals surface area contributed by atoms with Gasteiger partial charge in [-0.25, -0.2) is 0 Å². The molecule has 1 aromatic carbocycles. The average molecular weight is 309 g/mol. The fraction of sp³-hybridized carbons (Fsp3) is 0.385. The lowest BCUT2D eigenvalue weighted by Gasteiger charge is -2.32. The van der Waals surface area contributed by atoms with Crippen LogP contribution in [0.15, 0.2) is 28.7 Å². The Morgan fingerprint density at radius 1 is 1.17 bits per heavy atom. The molecule has 1 aliphatic carbocycles. The highest BCUT2D eigenvalue weighted by Crippen LogP contribution is 2.31. The van der Waals surface area contributed by atoms with Crippen LogP contribution in [-0.2, 0) is 9.59 Å². The van der Waals surface area contributed by atoms with Crippen molar-refractivity contribution in [1.29, 1.82) is 0 Å². The van der Waals surface area contributed by atoms with E-state index >= 15 is 0 Å². The van der Waals surface area contributed by atoms with Crippen molar-refractivity contribution in [2.45, 2.75) is 24.9 Å². The van der Waals surface area contributed by atoms with E-state index in [9.17, 15) is 9.59 Å². The minimum Gasteiger partial charge on any atom is -0.339 e. The quantitative estimate of drug-likeness (QED) is 0.902. The van der Waals surface area contributed by atoms with Crippen LogP contribution in [0, 0.1) is 0 Å². The Morgan fingerprint density at radius 2 is 1.83 bits per heavy atom. The fourth-order valence-electron chi connectivity index (χ4n) is 2.24. The smallest absolute Gasteiger partial charge is 0.250 e. The summed E-state index contributed by atoms with van der Waals surface area (Å²) in [5, 5.41) is 2.77. The van der Waals surface area contributed by atoms with Gasteiger partial charge in [-0.05, 0) is 30.5 Å². The molecule has 1 N–H and O–H groups in total. The van der Waals surface area contributed by atoms with Crippen LogP contribution < -0.4 is 5.32 Å². The topological polar surface area (TPSA) is 49.4 Å². The van der Waals surface area contributed by atoms with Gasteiger partial charge in [-0.3, -0.25) is 9.59 Å². The van der Waals surface area contributed by atoms with Crippen LogP contribution in [0.5, 0.6) is 0 Å². The Bertz CT molecular complexity index is 496. The molecule has 2 amide bonds. The van der Waals surface area contributed by atoms with Crippen molar-refractivity contribution >= 4 is 27.7 Å². The van der Waals surface area contributed by atoms with Gasteiger partial charge in [-0.1, -0.05) is 28.1 Å². The van der Waals surface area contributed by atoms with Crippen LogP contribution >= 0.6 is 15.9 Å². The van der Waals surface area contributed by atoms with Crippen molar-refractivity contribution in [2.75, 3.05) is 6.54 Å². The summed E-state index contributed by atoms with van der Waals surface area (Å²) in [4.78, 5) is 25.7. The van der Waals surface area contributed by atoms with Crippen molar-refractivity contribution in [3.63, 3.8) is 0 Å². The van der Waals surface area contributed by atoms with E-state index in [2.05, 4.69) is 21.2 Å². The molecule has 1 heterocycles. The Hall–Kier alpha value is -1.36. The highest BCUT2D eigenvalue weighted by Gasteiger charge is 2.41. The molecule has 3 rings (SSSR count). The summed E-state index contributed by atoms with van der Waals surface area (Å²) in [7, 11) is 0. The monoisotopic (exact) mass is 308 g/mol. The number of hydrogen-bond acceptors (Lipinski definition) is 2. The lowest BCUT2D eigenvalue weighted by molar-refractivity contribution is -0.145. The molecular formula is C13H13BrN2O2. The van der Waals surface area contributed by atoms with Gasteiger partial charge < -0.3 is 10.2 Å². The van der Waals surface area contributed by atoms with E-state index in [4.69, 9.17) is 0 Å². The first kappa shape index (κ1) is 11.7. The molecule has 4 nitrogen and oxygen atoms in total. The SMILES string of the molecule is O=C1CN(C2CC2)C(=O)[C@@H](c2ccc(Br)cc2)N1. The van der Waals surface area contributed by atoms with Crippen molar-refractivity contribution in [3.8, 4) is 0 Å². The van der Waals surface area contributed by atoms with Crippen molar-refractivity contribution in [1.82, 2.24) is 10.2 Å². The predicted octanol–water partition coefficient (Wildman–Crippen LogP) is 1.61. The van der Waals surface area contributed by atoms with Gasteiger partial charge in [0, 0.05) is 10.5 Å². The first-order valence-electron chi connectivity index (χ1n) is 6.00. The molecule has 1 saturated heterocycles. The van der Waals surface area contributed by atoms with Crippen LogP contribution in [0.2, 0.25) is 0 Å². The molecule has 0 bridgehead atoms.